The molecule has 23 heavy (non-hydrogen) atoms. The monoisotopic (exact) mass is 332 g/mol. The molecule has 2 heterocycles. The molecule has 1 aliphatic carbocycles. The molecule has 120 valence electrons. The lowest BCUT2D eigenvalue weighted by Gasteiger charge is -2.14. The first-order valence-electron chi connectivity index (χ1n) is 7.71. The summed E-state index contributed by atoms with van der Waals surface area (Å²) in [6.45, 7) is 0. The van der Waals surface area contributed by atoms with Gasteiger partial charge in [-0.25, -0.2) is 0 Å². The lowest BCUT2D eigenvalue weighted by atomic mass is 10.1. The fourth-order valence-corrected chi connectivity index (χ4v) is 3.85. The van der Waals surface area contributed by atoms with Gasteiger partial charge in [0.05, 0.1) is 4.91 Å². The van der Waals surface area contributed by atoms with Gasteiger partial charge in [0.15, 0.2) is 24.8 Å². The van der Waals surface area contributed by atoms with E-state index in [1.165, 1.54) is 0 Å². The Morgan fingerprint density at radius 1 is 0.870 bits per heavy atom. The number of allylic oxidation sites excluding steroid dienone is 2. The smallest absolute Gasteiger partial charge is 0.194 e. The first kappa shape index (κ1) is 15.8. The van der Waals surface area contributed by atoms with Crippen molar-refractivity contribution >= 4 is 10.1 Å². The van der Waals surface area contributed by atoms with E-state index in [2.05, 4.69) is 0 Å². The first-order chi connectivity index (χ1) is 11.2. The largest absolute Gasteiger partial charge is 0.488 e. The van der Waals surface area contributed by atoms with E-state index in [0.717, 1.165) is 19.3 Å². The van der Waals surface area contributed by atoms with Crippen LogP contribution in [0.5, 0.6) is 0 Å². The van der Waals surface area contributed by atoms with E-state index in [9.17, 15) is 8.42 Å². The van der Waals surface area contributed by atoms with Gasteiger partial charge in [-0.1, -0.05) is 18.2 Å². The molecule has 1 aliphatic rings. The Morgan fingerprint density at radius 3 is 1.91 bits per heavy atom. The molecule has 5 nitrogen and oxygen atoms in total. The minimum Gasteiger partial charge on any atom is -0.194 e. The van der Waals surface area contributed by atoms with Gasteiger partial charge in [-0.15, -0.1) is 13.3 Å². The maximum absolute atomic E-state index is 12.6. The fraction of sp³-hybridized carbons (Fsp3) is 0.294. The SMILES string of the molecule is O=S(=O)(OC([n+]1ccccc1)[n+]1ccccc1)C1=CCCCC1. The lowest BCUT2D eigenvalue weighted by molar-refractivity contribution is -0.977. The maximum Gasteiger partial charge on any atom is 0.488 e. The highest BCUT2D eigenvalue weighted by Crippen LogP contribution is 2.24. The predicted molar refractivity (Wildman–Crippen MR) is 84.3 cm³/mol. The first-order valence-corrected chi connectivity index (χ1v) is 9.11. The molecule has 2 aromatic heterocycles. The summed E-state index contributed by atoms with van der Waals surface area (Å²) in [6.07, 6.45) is 11.4. The van der Waals surface area contributed by atoms with E-state index in [4.69, 9.17) is 4.18 Å². The van der Waals surface area contributed by atoms with Gasteiger partial charge in [0.25, 0.3) is 0 Å². The number of nitrogens with zero attached hydrogens (tertiary/aromatic N) is 2. The van der Waals surface area contributed by atoms with Crippen molar-refractivity contribution in [2.24, 2.45) is 0 Å². The van der Waals surface area contributed by atoms with E-state index < -0.39 is 16.5 Å². The van der Waals surface area contributed by atoms with Crippen molar-refractivity contribution in [1.29, 1.82) is 0 Å². The number of aromatic nitrogens is 2. The quantitative estimate of drug-likeness (QED) is 0.622. The molecule has 2 aromatic rings. The highest BCUT2D eigenvalue weighted by Gasteiger charge is 2.36. The van der Waals surface area contributed by atoms with Crippen molar-refractivity contribution < 1.29 is 21.7 Å². The molecule has 0 bridgehead atoms. The molecule has 0 radical (unpaired) electrons. The number of hydrogen-bond acceptors (Lipinski definition) is 3. The molecule has 3 rings (SSSR count). The van der Waals surface area contributed by atoms with Crippen LogP contribution >= 0.6 is 0 Å². The van der Waals surface area contributed by atoms with E-state index in [0.29, 0.717) is 11.3 Å². The molecular formula is C17H20N2O3S+2. The second-order valence-electron chi connectivity index (χ2n) is 5.44. The van der Waals surface area contributed by atoms with Crippen LogP contribution < -0.4 is 9.13 Å². The molecule has 0 unspecified atom stereocenters. The molecular weight excluding hydrogens is 312 g/mol. The van der Waals surface area contributed by atoms with Crippen molar-refractivity contribution in [2.45, 2.75) is 32.0 Å². The van der Waals surface area contributed by atoms with Crippen molar-refractivity contribution in [1.82, 2.24) is 0 Å². The van der Waals surface area contributed by atoms with Crippen LogP contribution in [0.1, 0.15) is 32.0 Å². The summed E-state index contributed by atoms with van der Waals surface area (Å²) >= 11 is 0. The van der Waals surface area contributed by atoms with Crippen molar-refractivity contribution in [3.8, 4) is 0 Å². The summed E-state index contributed by atoms with van der Waals surface area (Å²) < 4.78 is 34.3. The Bertz CT molecular complexity index is 735. The minimum atomic E-state index is -3.76. The zero-order valence-corrected chi connectivity index (χ0v) is 13.6. The summed E-state index contributed by atoms with van der Waals surface area (Å²) in [4.78, 5) is 0.391. The molecule has 0 saturated carbocycles. The van der Waals surface area contributed by atoms with Crippen LogP contribution in [0.2, 0.25) is 0 Å². The molecule has 0 aromatic carbocycles. The molecule has 0 N–H and O–H groups in total. The third kappa shape index (κ3) is 3.83. The van der Waals surface area contributed by atoms with E-state index in [1.807, 2.05) is 36.4 Å². The van der Waals surface area contributed by atoms with E-state index in [1.54, 1.807) is 40.0 Å². The second-order valence-corrected chi connectivity index (χ2v) is 7.06. The number of pyridine rings is 2. The summed E-state index contributed by atoms with van der Waals surface area (Å²) in [5.41, 5.74) is 0. The zero-order chi connectivity index (χ0) is 16.1. The molecule has 0 spiro atoms. The molecule has 0 amide bonds. The van der Waals surface area contributed by atoms with Crippen molar-refractivity contribution in [3.63, 3.8) is 0 Å². The molecule has 0 aliphatic heterocycles. The third-order valence-corrected chi connectivity index (χ3v) is 5.21. The Balaban J connectivity index is 1.95. The van der Waals surface area contributed by atoms with Gasteiger partial charge < -0.3 is 0 Å². The van der Waals surface area contributed by atoms with Crippen LogP contribution in [0, 0.1) is 0 Å². The Morgan fingerprint density at radius 2 is 1.43 bits per heavy atom. The minimum absolute atomic E-state index is 0.391. The molecule has 0 fully saturated rings. The van der Waals surface area contributed by atoms with Crippen molar-refractivity contribution in [3.05, 3.63) is 72.2 Å². The molecule has 6 heteroatoms. The average Bonchev–Trinajstić information content (AvgIpc) is 2.62. The second kappa shape index (κ2) is 7.02. The summed E-state index contributed by atoms with van der Waals surface area (Å²) in [6, 6.07) is 11.1. The third-order valence-electron chi connectivity index (χ3n) is 3.77. The van der Waals surface area contributed by atoms with Gasteiger partial charge in [0, 0.05) is 24.3 Å². The van der Waals surface area contributed by atoms with Crippen LogP contribution in [0.25, 0.3) is 0 Å². The topological polar surface area (TPSA) is 51.1 Å². The zero-order valence-electron chi connectivity index (χ0n) is 12.8. The molecule has 0 saturated heterocycles. The number of hydrogen-bond donors (Lipinski definition) is 0. The average molecular weight is 332 g/mol. The lowest BCUT2D eigenvalue weighted by Crippen LogP contribution is -2.58. The number of rotatable bonds is 5. The van der Waals surface area contributed by atoms with Gasteiger partial charge >= 0.3 is 16.5 Å². The van der Waals surface area contributed by atoms with Gasteiger partial charge in [-0.05, 0) is 25.7 Å². The van der Waals surface area contributed by atoms with E-state index in [-0.39, 0.29) is 0 Å². The fourth-order valence-electron chi connectivity index (χ4n) is 2.58. The standard InChI is InChI=1S/C17H20N2O3S/c20-23(21,16-10-4-1-5-11-16)22-17(18-12-6-2-7-13-18)19-14-8-3-9-15-19/h2-3,6-10,12-15,17H,1,4-5,11H2/q+2. The van der Waals surface area contributed by atoms with Crippen LogP contribution in [0.3, 0.4) is 0 Å². The summed E-state index contributed by atoms with van der Waals surface area (Å²) in [7, 11) is -3.76. The Hall–Kier alpha value is -2.05. The van der Waals surface area contributed by atoms with Gasteiger partial charge in [-0.2, -0.15) is 8.42 Å². The highest BCUT2D eigenvalue weighted by molar-refractivity contribution is 7.90. The maximum atomic E-state index is 12.6. The molecule has 0 atom stereocenters. The Kier molecular flexibility index (Phi) is 4.83. The van der Waals surface area contributed by atoms with E-state index >= 15 is 0 Å². The highest BCUT2D eigenvalue weighted by atomic mass is 32.2. The van der Waals surface area contributed by atoms with Crippen LogP contribution in [-0.4, -0.2) is 8.42 Å². The van der Waals surface area contributed by atoms with Crippen LogP contribution in [0.15, 0.2) is 72.2 Å². The predicted octanol–water partition coefficient (Wildman–Crippen LogP) is 2.07. The normalized spacial score (nSPS) is 15.4. The van der Waals surface area contributed by atoms with Crippen LogP contribution in [0.4, 0.5) is 0 Å². The van der Waals surface area contributed by atoms with Gasteiger partial charge in [0.1, 0.15) is 0 Å². The van der Waals surface area contributed by atoms with Crippen molar-refractivity contribution in [2.75, 3.05) is 0 Å². The van der Waals surface area contributed by atoms with Gasteiger partial charge in [-0.3, -0.25) is 0 Å². The van der Waals surface area contributed by atoms with Gasteiger partial charge in [0.2, 0.25) is 0 Å². The van der Waals surface area contributed by atoms with Crippen LogP contribution in [-0.2, 0) is 14.3 Å². The summed E-state index contributed by atoms with van der Waals surface area (Å²) in [5, 5.41) is 0. The Labute approximate surface area is 136 Å². The summed E-state index contributed by atoms with van der Waals surface area (Å²) in [5.74, 6) is 0.